The van der Waals surface area contributed by atoms with Crippen LogP contribution in [0.2, 0.25) is 0 Å². The van der Waals surface area contributed by atoms with Crippen molar-refractivity contribution in [2.24, 2.45) is 0 Å². The Labute approximate surface area is 111 Å². The quantitative estimate of drug-likeness (QED) is 0.798. The predicted octanol–water partition coefficient (Wildman–Crippen LogP) is 2.74. The summed E-state index contributed by atoms with van der Waals surface area (Å²) in [4.78, 5) is 8.62. The van der Waals surface area contributed by atoms with Crippen molar-refractivity contribution in [1.82, 2.24) is 14.5 Å². The number of nitrogens with zero attached hydrogens (tertiary/aromatic N) is 3. The van der Waals surface area contributed by atoms with Gasteiger partial charge in [0.2, 0.25) is 0 Å². The van der Waals surface area contributed by atoms with Gasteiger partial charge in [-0.3, -0.25) is 4.98 Å². The van der Waals surface area contributed by atoms with E-state index < -0.39 is 0 Å². The summed E-state index contributed by atoms with van der Waals surface area (Å²) in [5.41, 5.74) is 1.96. The first kappa shape index (κ1) is 11.9. The molecule has 1 aliphatic rings. The molecule has 1 fully saturated rings. The van der Waals surface area contributed by atoms with Gasteiger partial charge in [-0.15, -0.1) is 11.6 Å². The normalized spacial score (nSPS) is 17.9. The summed E-state index contributed by atoms with van der Waals surface area (Å²) < 4.78 is 7.86. The zero-order valence-corrected chi connectivity index (χ0v) is 11.2. The van der Waals surface area contributed by atoms with Crippen LogP contribution >= 0.6 is 11.6 Å². The first-order valence-corrected chi connectivity index (χ1v) is 6.72. The zero-order valence-electron chi connectivity index (χ0n) is 10.4. The Balaban J connectivity index is 2.04. The van der Waals surface area contributed by atoms with Crippen molar-refractivity contribution in [1.29, 1.82) is 0 Å². The number of halogens is 1. The van der Waals surface area contributed by atoms with Crippen molar-refractivity contribution >= 4 is 22.6 Å². The van der Waals surface area contributed by atoms with Crippen LogP contribution in [-0.4, -0.2) is 27.2 Å². The van der Waals surface area contributed by atoms with Crippen LogP contribution in [0.5, 0.6) is 0 Å². The van der Waals surface area contributed by atoms with Crippen molar-refractivity contribution in [3.8, 4) is 0 Å². The second-order valence-corrected chi connectivity index (χ2v) is 5.12. The molecule has 5 heteroatoms. The Hall–Kier alpha value is -1.13. The molecule has 1 saturated carbocycles. The van der Waals surface area contributed by atoms with Crippen molar-refractivity contribution in [2.75, 3.05) is 7.11 Å². The molecule has 0 bridgehead atoms. The number of methoxy groups -OCH3 is 1. The van der Waals surface area contributed by atoms with Gasteiger partial charge in [0.15, 0.2) is 0 Å². The van der Waals surface area contributed by atoms with Crippen LogP contribution in [0, 0.1) is 0 Å². The lowest BCUT2D eigenvalue weighted by molar-refractivity contribution is -0.0831. The van der Waals surface area contributed by atoms with Crippen molar-refractivity contribution in [3.63, 3.8) is 0 Å². The minimum atomic E-state index is -0.0301. The molecule has 0 unspecified atom stereocenters. The van der Waals surface area contributed by atoms with Crippen LogP contribution in [0.1, 0.15) is 25.1 Å². The van der Waals surface area contributed by atoms with Gasteiger partial charge in [0.25, 0.3) is 0 Å². The highest BCUT2D eigenvalue weighted by Crippen LogP contribution is 2.37. The van der Waals surface area contributed by atoms with E-state index in [1.54, 1.807) is 19.5 Å². The SMILES string of the molecule is COC1(Cn2c(CCl)nc3cnccc32)CCC1. The summed E-state index contributed by atoms with van der Waals surface area (Å²) in [6.45, 7) is 0.825. The number of hydrogen-bond acceptors (Lipinski definition) is 3. The second kappa shape index (κ2) is 4.52. The Morgan fingerprint density at radius 1 is 1.50 bits per heavy atom. The number of ether oxygens (including phenoxy) is 1. The molecule has 0 aliphatic heterocycles. The van der Waals surface area contributed by atoms with Crippen molar-refractivity contribution < 1.29 is 4.74 Å². The van der Waals surface area contributed by atoms with Gasteiger partial charge in [0.1, 0.15) is 11.3 Å². The second-order valence-electron chi connectivity index (χ2n) is 4.85. The Bertz CT molecular complexity index is 557. The van der Waals surface area contributed by atoms with Gasteiger partial charge in [-0.2, -0.15) is 0 Å². The molecule has 2 aromatic rings. The number of hydrogen-bond donors (Lipinski definition) is 0. The van der Waals surface area contributed by atoms with Crippen LogP contribution in [0.4, 0.5) is 0 Å². The third-order valence-electron chi connectivity index (χ3n) is 3.89. The van der Waals surface area contributed by atoms with E-state index in [0.717, 1.165) is 36.2 Å². The van der Waals surface area contributed by atoms with Crippen LogP contribution in [-0.2, 0) is 17.2 Å². The molecule has 0 saturated heterocycles. The third-order valence-corrected chi connectivity index (χ3v) is 4.13. The summed E-state index contributed by atoms with van der Waals surface area (Å²) in [7, 11) is 1.79. The maximum atomic E-state index is 5.99. The van der Waals surface area contributed by atoms with Gasteiger partial charge >= 0.3 is 0 Å². The van der Waals surface area contributed by atoms with E-state index in [9.17, 15) is 0 Å². The fourth-order valence-corrected chi connectivity index (χ4v) is 2.80. The summed E-state index contributed by atoms with van der Waals surface area (Å²) >= 11 is 5.99. The van der Waals surface area contributed by atoms with E-state index in [1.165, 1.54) is 6.42 Å². The van der Waals surface area contributed by atoms with Gasteiger partial charge in [0, 0.05) is 13.3 Å². The Morgan fingerprint density at radius 2 is 2.33 bits per heavy atom. The molecule has 0 radical (unpaired) electrons. The molecule has 3 rings (SSSR count). The highest BCUT2D eigenvalue weighted by molar-refractivity contribution is 6.16. The van der Waals surface area contributed by atoms with Gasteiger partial charge in [-0.25, -0.2) is 4.98 Å². The molecule has 2 aromatic heterocycles. The summed E-state index contributed by atoms with van der Waals surface area (Å²) in [5, 5.41) is 0. The summed E-state index contributed by atoms with van der Waals surface area (Å²) in [6, 6.07) is 1.99. The first-order chi connectivity index (χ1) is 8.78. The molecule has 2 heterocycles. The number of rotatable bonds is 4. The molecule has 0 spiro atoms. The molecule has 96 valence electrons. The molecule has 0 aromatic carbocycles. The highest BCUT2D eigenvalue weighted by Gasteiger charge is 2.38. The van der Waals surface area contributed by atoms with Crippen molar-refractivity contribution in [3.05, 3.63) is 24.3 Å². The molecule has 4 nitrogen and oxygen atoms in total. The minimum absolute atomic E-state index is 0.0301. The molecule has 0 amide bonds. The average Bonchev–Trinajstić information content (AvgIpc) is 2.71. The maximum absolute atomic E-state index is 5.99. The number of imidazole rings is 1. The predicted molar refractivity (Wildman–Crippen MR) is 70.7 cm³/mol. The monoisotopic (exact) mass is 265 g/mol. The van der Waals surface area contributed by atoms with E-state index >= 15 is 0 Å². The van der Waals surface area contributed by atoms with Crippen LogP contribution in [0.15, 0.2) is 18.5 Å². The Kier molecular flexibility index (Phi) is 2.99. The summed E-state index contributed by atoms with van der Waals surface area (Å²) in [6.07, 6.45) is 7.02. The van der Waals surface area contributed by atoms with Gasteiger partial charge in [-0.1, -0.05) is 0 Å². The van der Waals surface area contributed by atoms with E-state index in [4.69, 9.17) is 16.3 Å². The van der Waals surface area contributed by atoms with E-state index in [1.807, 2.05) is 6.07 Å². The smallest absolute Gasteiger partial charge is 0.125 e. The molecular weight excluding hydrogens is 250 g/mol. The minimum Gasteiger partial charge on any atom is -0.376 e. The van der Waals surface area contributed by atoms with Gasteiger partial charge in [0.05, 0.1) is 29.7 Å². The van der Waals surface area contributed by atoms with E-state index in [-0.39, 0.29) is 5.60 Å². The van der Waals surface area contributed by atoms with Crippen LogP contribution in [0.25, 0.3) is 11.0 Å². The lowest BCUT2D eigenvalue weighted by Crippen LogP contribution is -2.43. The molecule has 1 aliphatic carbocycles. The molecule has 18 heavy (non-hydrogen) atoms. The van der Waals surface area contributed by atoms with Crippen LogP contribution in [0.3, 0.4) is 0 Å². The lowest BCUT2D eigenvalue weighted by Gasteiger charge is -2.41. The highest BCUT2D eigenvalue weighted by atomic mass is 35.5. The number of alkyl halides is 1. The number of pyridine rings is 1. The van der Waals surface area contributed by atoms with E-state index in [0.29, 0.717) is 5.88 Å². The average molecular weight is 266 g/mol. The number of fused-ring (bicyclic) bond motifs is 1. The molecular formula is C13H16ClN3O. The Morgan fingerprint density at radius 3 is 2.94 bits per heavy atom. The summed E-state index contributed by atoms with van der Waals surface area (Å²) in [5.74, 6) is 1.30. The maximum Gasteiger partial charge on any atom is 0.125 e. The fraction of sp³-hybridized carbons (Fsp3) is 0.538. The standard InChI is InChI=1S/C13H16ClN3O/c1-18-13(4-2-5-13)9-17-11-3-6-15-8-10(11)16-12(17)7-14/h3,6,8H,2,4-5,7,9H2,1H3. The zero-order chi connectivity index (χ0) is 12.6. The fourth-order valence-electron chi connectivity index (χ4n) is 2.60. The lowest BCUT2D eigenvalue weighted by atomic mass is 9.80. The van der Waals surface area contributed by atoms with Gasteiger partial charge < -0.3 is 9.30 Å². The van der Waals surface area contributed by atoms with E-state index in [2.05, 4.69) is 14.5 Å². The largest absolute Gasteiger partial charge is 0.376 e. The third kappa shape index (κ3) is 1.80. The topological polar surface area (TPSA) is 39.9 Å². The first-order valence-electron chi connectivity index (χ1n) is 6.18. The van der Waals surface area contributed by atoms with Crippen molar-refractivity contribution in [2.45, 2.75) is 37.3 Å². The van der Waals surface area contributed by atoms with Gasteiger partial charge in [-0.05, 0) is 25.3 Å². The number of aromatic nitrogens is 3. The van der Waals surface area contributed by atoms with Crippen LogP contribution < -0.4 is 0 Å². The molecule has 0 atom stereocenters. The molecule has 0 N–H and O–H groups in total.